The second kappa shape index (κ2) is 8.34. The Hall–Kier alpha value is -2.09. The molecule has 0 N–H and O–H groups in total. The van der Waals surface area contributed by atoms with E-state index in [1.165, 1.54) is 35.1 Å². The monoisotopic (exact) mass is 392 g/mol. The summed E-state index contributed by atoms with van der Waals surface area (Å²) in [4.78, 5) is 11.6. The van der Waals surface area contributed by atoms with E-state index in [0.717, 1.165) is 24.8 Å². The van der Waals surface area contributed by atoms with E-state index in [2.05, 4.69) is 52.0 Å². The number of carbonyl (C=O) groups excluding carboxylic acids is 1. The molecule has 3 rings (SSSR count). The Kier molecular flexibility index (Phi) is 6.22. The lowest BCUT2D eigenvalue weighted by molar-refractivity contribution is -0.137. The van der Waals surface area contributed by atoms with Gasteiger partial charge in [0, 0.05) is 6.08 Å². The third-order valence-electron chi connectivity index (χ3n) is 6.58. The third-order valence-corrected chi connectivity index (χ3v) is 6.58. The Balaban J connectivity index is 1.86. The quantitative estimate of drug-likeness (QED) is 0.312. The standard InChI is InChI=1S/C27H36O2/c1-7-29-25(28)16-19(2)10-8-11-20-12-9-13-21-17-23-24(18-22(20)21)27(5,6)15-14-26(23,3)4/h8,10,12,16-18H,7,9,11,13-15H2,1-6H3. The third kappa shape index (κ3) is 4.74. The molecule has 0 radical (unpaired) electrons. The van der Waals surface area contributed by atoms with Crippen LogP contribution in [0.2, 0.25) is 0 Å². The highest BCUT2D eigenvalue weighted by Crippen LogP contribution is 2.48. The zero-order chi connectivity index (χ0) is 21.2. The minimum absolute atomic E-state index is 0.233. The normalized spacial score (nSPS) is 20.1. The fourth-order valence-corrected chi connectivity index (χ4v) is 4.66. The summed E-state index contributed by atoms with van der Waals surface area (Å²) in [6, 6.07) is 5.00. The molecule has 0 unspecified atom stereocenters. The first-order valence-corrected chi connectivity index (χ1v) is 11.0. The van der Waals surface area contributed by atoms with Gasteiger partial charge in [0.05, 0.1) is 6.61 Å². The molecule has 2 aliphatic carbocycles. The highest BCUT2D eigenvalue weighted by molar-refractivity contribution is 5.83. The molecule has 0 aliphatic heterocycles. The number of esters is 1. The number of carbonyl (C=O) groups is 1. The second-order valence-corrected chi connectivity index (χ2v) is 9.84. The average Bonchev–Trinajstić information content (AvgIpc) is 2.65. The number of allylic oxidation sites excluding steroid dienone is 5. The van der Waals surface area contributed by atoms with Crippen molar-refractivity contribution in [3.63, 3.8) is 0 Å². The Labute approximate surface area is 176 Å². The summed E-state index contributed by atoms with van der Waals surface area (Å²) < 4.78 is 4.98. The number of hydrogen-bond acceptors (Lipinski definition) is 2. The molecule has 29 heavy (non-hydrogen) atoms. The van der Waals surface area contributed by atoms with Crippen molar-refractivity contribution in [1.82, 2.24) is 0 Å². The highest BCUT2D eigenvalue weighted by atomic mass is 16.5. The number of hydrogen-bond donors (Lipinski definition) is 0. The topological polar surface area (TPSA) is 26.3 Å². The molecule has 0 spiro atoms. The van der Waals surface area contributed by atoms with Crippen LogP contribution in [-0.4, -0.2) is 12.6 Å². The van der Waals surface area contributed by atoms with Gasteiger partial charge in [-0.1, -0.05) is 58.1 Å². The van der Waals surface area contributed by atoms with Gasteiger partial charge in [0.2, 0.25) is 0 Å². The zero-order valence-electron chi connectivity index (χ0n) is 19.0. The largest absolute Gasteiger partial charge is 0.463 e. The van der Waals surface area contributed by atoms with Gasteiger partial charge in [0.25, 0.3) is 0 Å². The van der Waals surface area contributed by atoms with Crippen molar-refractivity contribution in [2.24, 2.45) is 0 Å². The van der Waals surface area contributed by atoms with E-state index in [1.807, 2.05) is 19.9 Å². The Morgan fingerprint density at radius 2 is 1.76 bits per heavy atom. The summed E-state index contributed by atoms with van der Waals surface area (Å²) in [6.45, 7) is 13.8. The number of ether oxygens (including phenoxy) is 1. The first kappa shape index (κ1) is 21.6. The lowest BCUT2D eigenvalue weighted by Gasteiger charge is -2.43. The fourth-order valence-electron chi connectivity index (χ4n) is 4.66. The smallest absolute Gasteiger partial charge is 0.330 e. The number of rotatable bonds is 5. The molecule has 0 amide bonds. The number of benzene rings is 1. The maximum Gasteiger partial charge on any atom is 0.330 e. The van der Waals surface area contributed by atoms with Crippen LogP contribution < -0.4 is 0 Å². The van der Waals surface area contributed by atoms with Crippen LogP contribution in [0.3, 0.4) is 0 Å². The lowest BCUT2D eigenvalue weighted by atomic mass is 9.62. The number of aryl methyl sites for hydroxylation is 1. The van der Waals surface area contributed by atoms with Gasteiger partial charge < -0.3 is 4.74 Å². The molecular weight excluding hydrogens is 356 g/mol. The van der Waals surface area contributed by atoms with Gasteiger partial charge in [-0.15, -0.1) is 0 Å². The predicted octanol–water partition coefficient (Wildman–Crippen LogP) is 6.82. The van der Waals surface area contributed by atoms with Crippen molar-refractivity contribution in [2.75, 3.05) is 6.61 Å². The molecule has 0 saturated heterocycles. The van der Waals surface area contributed by atoms with Gasteiger partial charge in [-0.2, -0.15) is 0 Å². The highest BCUT2D eigenvalue weighted by Gasteiger charge is 2.37. The summed E-state index contributed by atoms with van der Waals surface area (Å²) in [6.07, 6.45) is 13.8. The van der Waals surface area contributed by atoms with Crippen LogP contribution in [0.15, 0.2) is 42.0 Å². The molecule has 0 bridgehead atoms. The molecular formula is C27H36O2. The molecule has 2 aliphatic rings. The summed E-state index contributed by atoms with van der Waals surface area (Å²) in [7, 11) is 0. The van der Waals surface area contributed by atoms with Crippen LogP contribution in [-0.2, 0) is 26.8 Å². The maximum absolute atomic E-state index is 11.6. The van der Waals surface area contributed by atoms with Crippen LogP contribution in [0, 0.1) is 0 Å². The van der Waals surface area contributed by atoms with Crippen molar-refractivity contribution in [1.29, 1.82) is 0 Å². The van der Waals surface area contributed by atoms with Crippen LogP contribution in [0.5, 0.6) is 0 Å². The van der Waals surface area contributed by atoms with Gasteiger partial charge in [0.1, 0.15) is 0 Å². The van der Waals surface area contributed by atoms with Crippen molar-refractivity contribution in [3.8, 4) is 0 Å². The molecule has 1 aromatic carbocycles. The molecule has 1 aromatic rings. The van der Waals surface area contributed by atoms with E-state index >= 15 is 0 Å². The molecule has 0 heterocycles. The van der Waals surface area contributed by atoms with E-state index in [-0.39, 0.29) is 16.8 Å². The molecule has 2 heteroatoms. The molecule has 0 aromatic heterocycles. The van der Waals surface area contributed by atoms with E-state index in [1.54, 1.807) is 11.6 Å². The van der Waals surface area contributed by atoms with Crippen LogP contribution in [0.25, 0.3) is 5.57 Å². The van der Waals surface area contributed by atoms with Crippen molar-refractivity contribution < 1.29 is 9.53 Å². The van der Waals surface area contributed by atoms with Crippen LogP contribution in [0.4, 0.5) is 0 Å². The van der Waals surface area contributed by atoms with Gasteiger partial charge >= 0.3 is 5.97 Å². The maximum atomic E-state index is 11.6. The van der Waals surface area contributed by atoms with Gasteiger partial charge in [0.15, 0.2) is 0 Å². The lowest BCUT2D eigenvalue weighted by Crippen LogP contribution is -2.34. The van der Waals surface area contributed by atoms with Gasteiger partial charge in [-0.25, -0.2) is 4.79 Å². The van der Waals surface area contributed by atoms with Crippen LogP contribution >= 0.6 is 0 Å². The molecule has 2 nitrogen and oxygen atoms in total. The van der Waals surface area contributed by atoms with E-state index in [4.69, 9.17) is 4.74 Å². The first-order valence-electron chi connectivity index (χ1n) is 11.0. The SMILES string of the molecule is CCOC(=O)C=C(C)C=CCC1=CCCc2cc3c(cc21)C(C)(C)CCC3(C)C. The molecule has 156 valence electrons. The van der Waals surface area contributed by atoms with Gasteiger partial charge in [-0.05, 0) is 90.2 Å². The van der Waals surface area contributed by atoms with E-state index in [9.17, 15) is 4.79 Å². The predicted molar refractivity (Wildman–Crippen MR) is 122 cm³/mol. The van der Waals surface area contributed by atoms with Crippen LogP contribution in [0.1, 0.15) is 89.5 Å². The summed E-state index contributed by atoms with van der Waals surface area (Å²) >= 11 is 0. The van der Waals surface area contributed by atoms with Crippen molar-refractivity contribution in [3.05, 3.63) is 64.3 Å². The van der Waals surface area contributed by atoms with Gasteiger partial charge in [-0.3, -0.25) is 0 Å². The summed E-state index contributed by atoms with van der Waals surface area (Å²) in [5.74, 6) is -0.270. The van der Waals surface area contributed by atoms with Crippen molar-refractivity contribution in [2.45, 2.75) is 84.5 Å². The summed E-state index contributed by atoms with van der Waals surface area (Å²) in [5, 5.41) is 0. The van der Waals surface area contributed by atoms with Crippen molar-refractivity contribution >= 4 is 11.5 Å². The Morgan fingerprint density at radius 1 is 1.10 bits per heavy atom. The average molecular weight is 393 g/mol. The van der Waals surface area contributed by atoms with E-state index < -0.39 is 0 Å². The first-order chi connectivity index (χ1) is 13.6. The minimum Gasteiger partial charge on any atom is -0.463 e. The van der Waals surface area contributed by atoms with E-state index in [0.29, 0.717) is 6.61 Å². The number of fused-ring (bicyclic) bond motifs is 2. The molecule has 0 atom stereocenters. The second-order valence-electron chi connectivity index (χ2n) is 9.84. The summed E-state index contributed by atoms with van der Waals surface area (Å²) in [5.41, 5.74) is 8.84. The Bertz CT molecular complexity index is 878. The molecule has 0 saturated carbocycles. The zero-order valence-corrected chi connectivity index (χ0v) is 19.0. The fraction of sp³-hybridized carbons (Fsp3) is 0.519. The molecule has 0 fully saturated rings. The Morgan fingerprint density at radius 3 is 2.41 bits per heavy atom. The minimum atomic E-state index is -0.270.